The standard InChI is InChI=1S/C26H22N4O2S/c1-26(2)18(13-27)24(32)29-25(19(26)14-28)33-15-21(31)22-17-11-7-8-12-20(17)30(3)23(22)16-9-5-4-6-10-16/h4-12,18H,15H2,1-3H3,(H,29,32). The molecular weight excluding hydrogens is 432 g/mol. The zero-order valence-electron chi connectivity index (χ0n) is 18.5. The first-order valence-corrected chi connectivity index (χ1v) is 11.4. The van der Waals surface area contributed by atoms with Gasteiger partial charge in [-0.2, -0.15) is 10.5 Å². The molecule has 0 aliphatic carbocycles. The number of rotatable bonds is 5. The van der Waals surface area contributed by atoms with Crippen LogP contribution < -0.4 is 5.32 Å². The monoisotopic (exact) mass is 454 g/mol. The molecule has 2 aromatic carbocycles. The second kappa shape index (κ2) is 8.61. The second-order valence-electron chi connectivity index (χ2n) is 8.47. The lowest BCUT2D eigenvalue weighted by Gasteiger charge is -2.34. The van der Waals surface area contributed by atoms with Gasteiger partial charge in [0.2, 0.25) is 5.91 Å². The van der Waals surface area contributed by atoms with Crippen LogP contribution in [-0.4, -0.2) is 22.0 Å². The third kappa shape index (κ3) is 3.71. The van der Waals surface area contributed by atoms with Crippen LogP contribution in [0.4, 0.5) is 0 Å². The highest BCUT2D eigenvalue weighted by Gasteiger charge is 2.44. The molecule has 1 aliphatic heterocycles. The van der Waals surface area contributed by atoms with E-state index in [1.807, 2.05) is 72.3 Å². The third-order valence-corrected chi connectivity index (χ3v) is 7.11. The van der Waals surface area contributed by atoms with Crippen molar-refractivity contribution < 1.29 is 9.59 Å². The fraction of sp³-hybridized carbons (Fsp3) is 0.231. The largest absolute Gasteiger partial charge is 0.343 e. The number of hydrogen-bond acceptors (Lipinski definition) is 5. The summed E-state index contributed by atoms with van der Waals surface area (Å²) in [5.41, 5.74) is 2.70. The first-order valence-electron chi connectivity index (χ1n) is 10.5. The maximum Gasteiger partial charge on any atom is 0.243 e. The Hall–Kier alpha value is -3.81. The second-order valence-corrected chi connectivity index (χ2v) is 9.45. The molecular formula is C26H22N4O2S. The SMILES string of the molecule is Cn1c(-c2ccccc2)c(C(=O)CSC2=C(C#N)C(C)(C)C(C#N)C(=O)N2)c2ccccc21. The van der Waals surface area contributed by atoms with Gasteiger partial charge in [0.25, 0.3) is 0 Å². The summed E-state index contributed by atoms with van der Waals surface area (Å²) < 4.78 is 2.02. The number of carbonyl (C=O) groups is 2. The van der Waals surface area contributed by atoms with Crippen LogP contribution in [0.3, 0.4) is 0 Å². The summed E-state index contributed by atoms with van der Waals surface area (Å²) in [7, 11) is 1.94. The van der Waals surface area contributed by atoms with Gasteiger partial charge >= 0.3 is 0 Å². The molecule has 7 heteroatoms. The number of Topliss-reactive ketones (excluding diaryl/α,β-unsaturated/α-hetero) is 1. The highest BCUT2D eigenvalue weighted by molar-refractivity contribution is 8.03. The Labute approximate surface area is 196 Å². The molecule has 1 N–H and O–H groups in total. The van der Waals surface area contributed by atoms with Crippen molar-refractivity contribution in [2.45, 2.75) is 13.8 Å². The van der Waals surface area contributed by atoms with Crippen molar-refractivity contribution in [2.75, 3.05) is 5.75 Å². The molecule has 0 saturated heterocycles. The summed E-state index contributed by atoms with van der Waals surface area (Å²) in [6.07, 6.45) is 0. The van der Waals surface area contributed by atoms with Crippen LogP contribution in [0.1, 0.15) is 24.2 Å². The quantitative estimate of drug-likeness (QED) is 0.559. The first kappa shape index (κ1) is 22.4. The smallest absolute Gasteiger partial charge is 0.243 e. The molecule has 1 atom stereocenters. The number of allylic oxidation sites excluding steroid dienone is 1. The molecule has 0 fully saturated rings. The van der Waals surface area contributed by atoms with Crippen LogP contribution in [0.15, 0.2) is 65.2 Å². The van der Waals surface area contributed by atoms with E-state index in [4.69, 9.17) is 0 Å². The molecule has 1 unspecified atom stereocenters. The Kier molecular flexibility index (Phi) is 5.84. The van der Waals surface area contributed by atoms with Crippen LogP contribution >= 0.6 is 11.8 Å². The van der Waals surface area contributed by atoms with Crippen molar-refractivity contribution in [2.24, 2.45) is 18.4 Å². The molecule has 0 bridgehead atoms. The third-order valence-electron chi connectivity index (χ3n) is 6.11. The molecule has 1 amide bonds. The average molecular weight is 455 g/mol. The van der Waals surface area contributed by atoms with E-state index in [0.29, 0.717) is 16.2 Å². The summed E-state index contributed by atoms with van der Waals surface area (Å²) in [5, 5.41) is 23.0. The number of nitrogens with one attached hydrogen (secondary N) is 1. The number of para-hydroxylation sites is 1. The number of hydrogen-bond donors (Lipinski definition) is 1. The minimum atomic E-state index is -0.963. The number of benzene rings is 2. The van der Waals surface area contributed by atoms with E-state index >= 15 is 0 Å². The van der Waals surface area contributed by atoms with Gasteiger partial charge in [-0.25, -0.2) is 0 Å². The normalized spacial score (nSPS) is 17.4. The van der Waals surface area contributed by atoms with Gasteiger partial charge in [-0.3, -0.25) is 9.59 Å². The number of aryl methyl sites for hydroxylation is 1. The summed E-state index contributed by atoms with van der Waals surface area (Å²) in [5.74, 6) is -1.47. The molecule has 0 spiro atoms. The lowest BCUT2D eigenvalue weighted by molar-refractivity contribution is -0.125. The van der Waals surface area contributed by atoms with Crippen LogP contribution in [0, 0.1) is 34.0 Å². The van der Waals surface area contributed by atoms with Crippen molar-refractivity contribution in [3.8, 4) is 23.4 Å². The number of aromatic nitrogens is 1. The molecule has 1 aliphatic rings. The molecule has 2 heterocycles. The Balaban J connectivity index is 1.74. The maximum absolute atomic E-state index is 13.6. The number of nitrogens with zero attached hydrogens (tertiary/aromatic N) is 3. The van der Waals surface area contributed by atoms with E-state index in [-0.39, 0.29) is 11.5 Å². The highest BCUT2D eigenvalue weighted by atomic mass is 32.2. The van der Waals surface area contributed by atoms with Crippen molar-refractivity contribution in [1.29, 1.82) is 10.5 Å². The molecule has 3 aromatic rings. The molecule has 164 valence electrons. The molecule has 33 heavy (non-hydrogen) atoms. The van der Waals surface area contributed by atoms with Crippen molar-refractivity contribution >= 4 is 34.4 Å². The summed E-state index contributed by atoms with van der Waals surface area (Å²) >= 11 is 1.13. The van der Waals surface area contributed by atoms with Gasteiger partial charge in [-0.05, 0) is 11.6 Å². The van der Waals surface area contributed by atoms with Crippen LogP contribution in [0.25, 0.3) is 22.2 Å². The van der Waals surface area contributed by atoms with Crippen molar-refractivity contribution in [3.63, 3.8) is 0 Å². The van der Waals surface area contributed by atoms with Gasteiger partial charge in [0.1, 0.15) is 5.92 Å². The summed E-state index contributed by atoms with van der Waals surface area (Å²) in [4.78, 5) is 26.0. The summed E-state index contributed by atoms with van der Waals surface area (Å²) in [6.45, 7) is 3.41. The van der Waals surface area contributed by atoms with Crippen molar-refractivity contribution in [1.82, 2.24) is 9.88 Å². The number of ketones is 1. The number of carbonyl (C=O) groups excluding carboxylic acids is 2. The fourth-order valence-electron chi connectivity index (χ4n) is 4.35. The fourth-order valence-corrected chi connectivity index (χ4v) is 5.40. The van der Waals surface area contributed by atoms with E-state index < -0.39 is 17.2 Å². The van der Waals surface area contributed by atoms with E-state index in [9.17, 15) is 20.1 Å². The van der Waals surface area contributed by atoms with Gasteiger partial charge in [0.05, 0.1) is 39.8 Å². The highest BCUT2D eigenvalue weighted by Crippen LogP contribution is 2.42. The Morgan fingerprint density at radius 2 is 1.79 bits per heavy atom. The first-order chi connectivity index (χ1) is 15.8. The predicted octanol–water partition coefficient (Wildman–Crippen LogP) is 4.79. The molecule has 0 saturated carbocycles. The zero-order chi connectivity index (χ0) is 23.8. The van der Waals surface area contributed by atoms with Crippen LogP contribution in [-0.2, 0) is 11.8 Å². The number of nitriles is 2. The molecule has 4 rings (SSSR count). The van der Waals surface area contributed by atoms with Crippen molar-refractivity contribution in [3.05, 3.63) is 70.8 Å². The minimum Gasteiger partial charge on any atom is -0.343 e. The van der Waals surface area contributed by atoms with E-state index in [1.54, 1.807) is 13.8 Å². The van der Waals surface area contributed by atoms with E-state index in [2.05, 4.69) is 11.4 Å². The Bertz CT molecular complexity index is 1390. The lowest BCUT2D eigenvalue weighted by atomic mass is 9.72. The lowest BCUT2D eigenvalue weighted by Crippen LogP contribution is -2.44. The predicted molar refractivity (Wildman–Crippen MR) is 129 cm³/mol. The van der Waals surface area contributed by atoms with Gasteiger partial charge in [-0.1, -0.05) is 74.1 Å². The molecule has 1 aromatic heterocycles. The van der Waals surface area contributed by atoms with E-state index in [0.717, 1.165) is 33.9 Å². The van der Waals surface area contributed by atoms with Gasteiger partial charge in [0, 0.05) is 23.4 Å². The van der Waals surface area contributed by atoms with Gasteiger partial charge < -0.3 is 9.88 Å². The number of fused-ring (bicyclic) bond motifs is 1. The van der Waals surface area contributed by atoms with E-state index in [1.165, 1.54) is 0 Å². The summed E-state index contributed by atoms with van der Waals surface area (Å²) in [6, 6.07) is 21.6. The van der Waals surface area contributed by atoms with Crippen LogP contribution in [0.5, 0.6) is 0 Å². The Morgan fingerprint density at radius 3 is 2.45 bits per heavy atom. The molecule has 0 radical (unpaired) electrons. The zero-order valence-corrected chi connectivity index (χ0v) is 19.4. The average Bonchev–Trinajstić information content (AvgIpc) is 3.10. The minimum absolute atomic E-state index is 0.0436. The number of amides is 1. The van der Waals surface area contributed by atoms with Gasteiger partial charge in [0.15, 0.2) is 5.78 Å². The maximum atomic E-state index is 13.6. The Morgan fingerprint density at radius 1 is 1.12 bits per heavy atom. The molecule has 6 nitrogen and oxygen atoms in total. The van der Waals surface area contributed by atoms with Gasteiger partial charge in [-0.15, -0.1) is 0 Å². The van der Waals surface area contributed by atoms with Crippen LogP contribution in [0.2, 0.25) is 0 Å². The topological polar surface area (TPSA) is 98.7 Å². The number of thioether (sulfide) groups is 1.